The van der Waals surface area contributed by atoms with Gasteiger partial charge in [-0.3, -0.25) is 9.10 Å². The van der Waals surface area contributed by atoms with Gasteiger partial charge in [-0.1, -0.05) is 12.7 Å². The molecule has 12 nitrogen and oxygen atoms in total. The summed E-state index contributed by atoms with van der Waals surface area (Å²) in [5, 5.41) is 7.99. The Hall–Kier alpha value is -5.50. The molecule has 5 rings (SSSR count). The van der Waals surface area contributed by atoms with Crippen LogP contribution in [0.3, 0.4) is 0 Å². The Morgan fingerprint density at radius 3 is 2.40 bits per heavy atom. The van der Waals surface area contributed by atoms with Crippen molar-refractivity contribution in [1.82, 2.24) is 15.1 Å². The first-order valence-electron chi connectivity index (χ1n) is 15.1. The minimum absolute atomic E-state index is 0.0213. The quantitative estimate of drug-likeness (QED) is 0.0823. The lowest BCUT2D eigenvalue weighted by molar-refractivity contribution is -0.139. The number of anilines is 1. The number of amides is 1. The number of halogens is 1. The van der Waals surface area contributed by atoms with Gasteiger partial charge in [0.25, 0.3) is 5.91 Å². The minimum Gasteiger partial charge on any atom is -0.461 e. The van der Waals surface area contributed by atoms with Crippen LogP contribution in [0.4, 0.5) is 10.1 Å². The van der Waals surface area contributed by atoms with E-state index in [1.54, 1.807) is 30.3 Å². The predicted octanol–water partition coefficient (Wildman–Crippen LogP) is 4.95. The van der Waals surface area contributed by atoms with Crippen LogP contribution in [-0.2, 0) is 19.6 Å². The van der Waals surface area contributed by atoms with Crippen LogP contribution in [-0.4, -0.2) is 62.7 Å². The van der Waals surface area contributed by atoms with E-state index in [9.17, 15) is 22.4 Å². The standard InChI is InChI=1S/C34H35FN6O6S/c1-4-16-38-30(21-36)34(43)46-18-5-17-40(48(3,44)45)31-20-29-28(19-27(31)22-6-7-22)32(33(42)37-2)41(39-29)24-10-14-26(15-11-24)47-25-12-8-23(35)9-13-25/h4,8-16,19-22H,1,5-7,17-18,36H2,2-3H3,(H,37,42)/b30-21-,38-16?. The fraction of sp³-hybridized carbons (Fsp3) is 0.235. The molecule has 48 heavy (non-hydrogen) atoms. The van der Waals surface area contributed by atoms with E-state index >= 15 is 0 Å². The number of sulfonamides is 1. The molecule has 0 radical (unpaired) electrons. The first-order valence-corrected chi connectivity index (χ1v) is 16.9. The highest BCUT2D eigenvalue weighted by atomic mass is 32.2. The number of aliphatic imine (C=N–C) groups is 1. The van der Waals surface area contributed by atoms with Crippen LogP contribution in [0.5, 0.6) is 11.5 Å². The third kappa shape index (κ3) is 7.72. The summed E-state index contributed by atoms with van der Waals surface area (Å²) in [6.45, 7) is 3.44. The molecular weight excluding hydrogens is 639 g/mol. The summed E-state index contributed by atoms with van der Waals surface area (Å²) < 4.78 is 53.4. The molecule has 1 saturated carbocycles. The van der Waals surface area contributed by atoms with Crippen molar-refractivity contribution in [3.05, 3.63) is 102 Å². The van der Waals surface area contributed by atoms with Crippen molar-refractivity contribution in [2.45, 2.75) is 25.2 Å². The normalized spacial score (nSPS) is 13.4. The summed E-state index contributed by atoms with van der Waals surface area (Å²) in [6, 6.07) is 16.0. The summed E-state index contributed by atoms with van der Waals surface area (Å²) >= 11 is 0. The highest BCUT2D eigenvalue weighted by Crippen LogP contribution is 2.46. The summed E-state index contributed by atoms with van der Waals surface area (Å²) in [5.74, 6) is -0.425. The topological polar surface area (TPSA) is 158 Å². The van der Waals surface area contributed by atoms with Gasteiger partial charge in [0.05, 0.1) is 29.8 Å². The van der Waals surface area contributed by atoms with Crippen LogP contribution in [0.15, 0.2) is 90.2 Å². The molecule has 0 saturated heterocycles. The van der Waals surface area contributed by atoms with Gasteiger partial charge < -0.3 is 20.5 Å². The van der Waals surface area contributed by atoms with E-state index in [1.807, 2.05) is 6.07 Å². The SMILES string of the molecule is C=CC=N/C(=C\N)C(=O)OCCCN(c1cc2nn(-c3ccc(Oc4ccc(F)cc4)cc3)c(C(=O)NC)c2cc1C1CC1)S(C)(=O)=O. The second-order valence-corrected chi connectivity index (χ2v) is 12.9. The van der Waals surface area contributed by atoms with E-state index in [-0.39, 0.29) is 48.6 Å². The first-order chi connectivity index (χ1) is 23.0. The number of allylic oxidation sites excluding steroid dienone is 1. The predicted molar refractivity (Wildman–Crippen MR) is 182 cm³/mol. The van der Waals surface area contributed by atoms with E-state index < -0.39 is 16.0 Å². The molecule has 3 N–H and O–H groups in total. The maximum atomic E-state index is 13.3. The molecule has 1 aliphatic carbocycles. The van der Waals surface area contributed by atoms with Crippen molar-refractivity contribution in [2.75, 3.05) is 30.8 Å². The number of fused-ring (bicyclic) bond motifs is 1. The molecule has 0 unspecified atom stereocenters. The molecule has 3 aromatic carbocycles. The summed E-state index contributed by atoms with van der Waals surface area (Å²) in [4.78, 5) is 29.4. The second-order valence-electron chi connectivity index (χ2n) is 11.0. The van der Waals surface area contributed by atoms with E-state index in [4.69, 9.17) is 20.3 Å². The van der Waals surface area contributed by atoms with Crippen molar-refractivity contribution < 1.29 is 31.9 Å². The molecule has 0 atom stereocenters. The fourth-order valence-corrected chi connectivity index (χ4v) is 6.08. The number of ether oxygens (including phenoxy) is 2. The number of nitrogens with two attached hydrogens (primary N) is 1. The average Bonchev–Trinajstić information content (AvgIpc) is 3.85. The zero-order chi connectivity index (χ0) is 34.4. The van der Waals surface area contributed by atoms with E-state index in [2.05, 4.69) is 16.9 Å². The lowest BCUT2D eigenvalue weighted by Gasteiger charge is -2.25. The van der Waals surface area contributed by atoms with Crippen LogP contribution in [0, 0.1) is 5.82 Å². The number of rotatable bonds is 14. The van der Waals surface area contributed by atoms with Gasteiger partial charge in [-0.05, 0) is 85.0 Å². The van der Waals surface area contributed by atoms with E-state index in [1.165, 1.54) is 52.6 Å². The molecule has 0 bridgehead atoms. The third-order valence-electron chi connectivity index (χ3n) is 7.50. The van der Waals surface area contributed by atoms with Crippen LogP contribution >= 0.6 is 0 Å². The number of benzene rings is 3. The Labute approximate surface area is 277 Å². The number of hydrogen-bond acceptors (Lipinski definition) is 9. The lowest BCUT2D eigenvalue weighted by Crippen LogP contribution is -2.32. The maximum absolute atomic E-state index is 13.3. The van der Waals surface area contributed by atoms with Gasteiger partial charge in [-0.2, -0.15) is 5.10 Å². The van der Waals surface area contributed by atoms with Gasteiger partial charge >= 0.3 is 5.97 Å². The Bertz CT molecular complexity index is 2000. The van der Waals surface area contributed by atoms with Gasteiger partial charge in [-0.15, -0.1) is 0 Å². The Morgan fingerprint density at radius 1 is 1.15 bits per heavy atom. The molecule has 0 aliphatic heterocycles. The molecule has 0 spiro atoms. The highest BCUT2D eigenvalue weighted by Gasteiger charge is 2.32. The average molecular weight is 675 g/mol. The summed E-state index contributed by atoms with van der Waals surface area (Å²) in [7, 11) is -2.25. The summed E-state index contributed by atoms with van der Waals surface area (Å²) in [5.41, 5.74) is 7.86. The van der Waals surface area contributed by atoms with Crippen molar-refractivity contribution in [2.24, 2.45) is 10.7 Å². The second kappa shape index (κ2) is 14.5. The molecule has 250 valence electrons. The van der Waals surface area contributed by atoms with Crippen molar-refractivity contribution in [3.8, 4) is 17.2 Å². The monoisotopic (exact) mass is 674 g/mol. The Kier molecular flexibility index (Phi) is 10.2. The van der Waals surface area contributed by atoms with Gasteiger partial charge in [-0.25, -0.2) is 27.3 Å². The number of carbonyl (C=O) groups excluding carboxylic acids is 2. The smallest absolute Gasteiger partial charge is 0.358 e. The Morgan fingerprint density at radius 2 is 1.81 bits per heavy atom. The fourth-order valence-electron chi connectivity index (χ4n) is 5.10. The maximum Gasteiger partial charge on any atom is 0.358 e. The van der Waals surface area contributed by atoms with Crippen LogP contribution in [0.2, 0.25) is 0 Å². The zero-order valence-electron chi connectivity index (χ0n) is 26.4. The first kappa shape index (κ1) is 33.9. The van der Waals surface area contributed by atoms with Gasteiger partial charge in [0.15, 0.2) is 5.70 Å². The number of aromatic nitrogens is 2. The minimum atomic E-state index is -3.78. The van der Waals surface area contributed by atoms with Gasteiger partial charge in [0, 0.05) is 37.8 Å². The van der Waals surface area contributed by atoms with E-state index in [0.717, 1.165) is 30.9 Å². The molecule has 14 heteroatoms. The van der Waals surface area contributed by atoms with Gasteiger partial charge in [0.2, 0.25) is 10.0 Å². The largest absolute Gasteiger partial charge is 0.461 e. The van der Waals surface area contributed by atoms with Crippen molar-refractivity contribution in [3.63, 3.8) is 0 Å². The lowest BCUT2D eigenvalue weighted by atomic mass is 10.0. The number of hydrogen-bond donors (Lipinski definition) is 2. The number of carbonyl (C=O) groups is 2. The van der Waals surface area contributed by atoms with Gasteiger partial charge in [0.1, 0.15) is 23.0 Å². The van der Waals surface area contributed by atoms with Crippen LogP contribution < -0.4 is 20.1 Å². The van der Waals surface area contributed by atoms with Crippen molar-refractivity contribution >= 4 is 44.7 Å². The van der Waals surface area contributed by atoms with Crippen LogP contribution in [0.25, 0.3) is 16.6 Å². The molecular formula is C34H35FN6O6S. The third-order valence-corrected chi connectivity index (χ3v) is 8.68. The number of nitrogens with one attached hydrogen (secondary N) is 1. The number of nitrogens with zero attached hydrogens (tertiary/aromatic N) is 4. The number of esters is 1. The highest BCUT2D eigenvalue weighted by molar-refractivity contribution is 7.92. The molecule has 1 amide bonds. The molecule has 1 aliphatic rings. The van der Waals surface area contributed by atoms with Crippen molar-refractivity contribution in [1.29, 1.82) is 0 Å². The summed E-state index contributed by atoms with van der Waals surface area (Å²) in [6.07, 6.45) is 6.75. The Balaban J connectivity index is 1.46. The molecule has 1 aromatic heterocycles. The molecule has 4 aromatic rings. The molecule has 1 fully saturated rings. The van der Waals surface area contributed by atoms with Crippen LogP contribution in [0.1, 0.15) is 41.2 Å². The zero-order valence-corrected chi connectivity index (χ0v) is 27.2. The molecule has 1 heterocycles. The van der Waals surface area contributed by atoms with E-state index in [0.29, 0.717) is 33.8 Å².